The van der Waals surface area contributed by atoms with Crippen LogP contribution in [0.2, 0.25) is 0 Å². The number of hydrogen-bond acceptors (Lipinski definition) is 6. The zero-order chi connectivity index (χ0) is 28.7. The van der Waals surface area contributed by atoms with E-state index in [4.69, 9.17) is 4.74 Å². The molecule has 0 unspecified atom stereocenters. The van der Waals surface area contributed by atoms with Crippen LogP contribution in [0.25, 0.3) is 22.2 Å². The predicted octanol–water partition coefficient (Wildman–Crippen LogP) is 5.04. The molecular formula is C30H26FIN4O4S. The molecule has 8 nitrogen and oxygen atoms in total. The van der Waals surface area contributed by atoms with Crippen molar-refractivity contribution in [2.75, 3.05) is 31.2 Å². The Morgan fingerprint density at radius 2 is 1.78 bits per heavy atom. The van der Waals surface area contributed by atoms with Crippen LogP contribution in [-0.2, 0) is 21.3 Å². The minimum atomic E-state index is -3.97. The number of morpholine rings is 1. The molecule has 6 rings (SSSR count). The van der Waals surface area contributed by atoms with Crippen LogP contribution >= 0.6 is 22.6 Å². The Balaban J connectivity index is 1.47. The number of ether oxygens (including phenoxy) is 1. The van der Waals surface area contributed by atoms with Crippen molar-refractivity contribution in [1.29, 1.82) is 0 Å². The molecule has 4 heterocycles. The van der Waals surface area contributed by atoms with Gasteiger partial charge in [0.2, 0.25) is 0 Å². The highest BCUT2D eigenvalue weighted by atomic mass is 127. The zero-order valence-electron chi connectivity index (χ0n) is 22.1. The van der Waals surface area contributed by atoms with E-state index in [0.29, 0.717) is 48.4 Å². The predicted molar refractivity (Wildman–Crippen MR) is 164 cm³/mol. The minimum absolute atomic E-state index is 0.144. The van der Waals surface area contributed by atoms with Crippen LogP contribution in [0.5, 0.6) is 0 Å². The summed E-state index contributed by atoms with van der Waals surface area (Å²) < 4.78 is 50.4. The fraction of sp³-hybridized carbons (Fsp3) is 0.200. The maximum Gasteiger partial charge on any atom is 0.269 e. The summed E-state index contributed by atoms with van der Waals surface area (Å²) >= 11 is 2.04. The summed E-state index contributed by atoms with van der Waals surface area (Å²) in [4.78, 5) is 20.1. The number of rotatable bonds is 6. The molecular weight excluding hydrogens is 658 g/mol. The van der Waals surface area contributed by atoms with Gasteiger partial charge in [0, 0.05) is 46.1 Å². The van der Waals surface area contributed by atoms with E-state index in [1.165, 1.54) is 32.9 Å². The molecule has 0 atom stereocenters. The summed E-state index contributed by atoms with van der Waals surface area (Å²) in [7, 11) is -3.97. The molecule has 1 fully saturated rings. The Hall–Kier alpha value is -3.55. The Morgan fingerprint density at radius 3 is 2.49 bits per heavy atom. The molecule has 1 aliphatic heterocycles. The summed E-state index contributed by atoms with van der Waals surface area (Å²) in [6, 6.07) is 16.5. The maximum atomic E-state index is 13.9. The second kappa shape index (κ2) is 11.0. The Kier molecular flexibility index (Phi) is 7.43. The lowest BCUT2D eigenvalue weighted by molar-refractivity contribution is 0.122. The van der Waals surface area contributed by atoms with E-state index < -0.39 is 10.0 Å². The fourth-order valence-electron chi connectivity index (χ4n) is 5.00. The summed E-state index contributed by atoms with van der Waals surface area (Å²) in [6.45, 7) is 4.68. The van der Waals surface area contributed by atoms with E-state index in [0.717, 1.165) is 14.8 Å². The Morgan fingerprint density at radius 1 is 1.02 bits per heavy atom. The number of hydrogen-bond donors (Lipinski definition) is 0. The van der Waals surface area contributed by atoms with Crippen LogP contribution in [0, 0.1) is 16.3 Å². The first-order valence-corrected chi connectivity index (χ1v) is 15.5. The third-order valence-corrected chi connectivity index (χ3v) is 9.42. The van der Waals surface area contributed by atoms with E-state index in [1.54, 1.807) is 42.7 Å². The van der Waals surface area contributed by atoms with Gasteiger partial charge in [-0.05, 0) is 83.1 Å². The van der Waals surface area contributed by atoms with Crippen LogP contribution in [0.15, 0.2) is 88.9 Å². The number of halogens is 2. The third-order valence-electron chi connectivity index (χ3n) is 7.13. The smallest absolute Gasteiger partial charge is 0.269 e. The maximum absolute atomic E-state index is 13.9. The summed E-state index contributed by atoms with van der Waals surface area (Å²) in [6.07, 6.45) is 4.85. The number of fused-ring (bicyclic) bond motifs is 1. The van der Waals surface area contributed by atoms with Gasteiger partial charge in [-0.25, -0.2) is 21.8 Å². The Bertz CT molecular complexity index is 1910. The first-order valence-electron chi connectivity index (χ1n) is 13.0. The number of aromatic nitrogens is 3. The molecule has 1 saturated heterocycles. The van der Waals surface area contributed by atoms with Crippen molar-refractivity contribution in [2.45, 2.75) is 18.4 Å². The first-order chi connectivity index (χ1) is 19.7. The van der Waals surface area contributed by atoms with Gasteiger partial charge in [-0.2, -0.15) is 0 Å². The van der Waals surface area contributed by atoms with Crippen LogP contribution < -0.4 is 10.5 Å². The molecule has 11 heteroatoms. The van der Waals surface area contributed by atoms with Gasteiger partial charge in [-0.1, -0.05) is 17.7 Å². The highest BCUT2D eigenvalue weighted by Crippen LogP contribution is 2.34. The lowest BCUT2D eigenvalue weighted by atomic mass is 10.1. The van der Waals surface area contributed by atoms with Gasteiger partial charge >= 0.3 is 0 Å². The molecule has 0 bridgehead atoms. The van der Waals surface area contributed by atoms with Crippen molar-refractivity contribution in [1.82, 2.24) is 13.5 Å². The topological polar surface area (TPSA) is 86.4 Å². The summed E-state index contributed by atoms with van der Waals surface area (Å²) in [5, 5.41) is 0.613. The van der Waals surface area contributed by atoms with Gasteiger partial charge in [0.15, 0.2) is 5.65 Å². The molecule has 0 spiro atoms. The number of pyridine rings is 2. The quantitative estimate of drug-likeness (QED) is 0.233. The number of benzene rings is 2. The van der Waals surface area contributed by atoms with Crippen LogP contribution in [0.1, 0.15) is 11.1 Å². The average Bonchev–Trinajstić information content (AvgIpc) is 3.34. The largest absolute Gasteiger partial charge is 0.378 e. The zero-order valence-corrected chi connectivity index (χ0v) is 25.1. The van der Waals surface area contributed by atoms with Crippen molar-refractivity contribution in [3.8, 4) is 11.1 Å². The first kappa shape index (κ1) is 27.6. The third kappa shape index (κ3) is 5.53. The van der Waals surface area contributed by atoms with E-state index in [-0.39, 0.29) is 28.5 Å². The van der Waals surface area contributed by atoms with E-state index in [9.17, 15) is 17.6 Å². The second-order valence-corrected chi connectivity index (χ2v) is 13.0. The van der Waals surface area contributed by atoms with Gasteiger partial charge in [-0.15, -0.1) is 0 Å². The molecule has 0 amide bonds. The standard InChI is InChI=1S/C30H26FIN4O4S/c1-20-2-4-26(5-3-20)41(38,39)36-19-28(27-16-25(17-33-30(27)36)34-8-10-40-11-9-34)22-6-7-35(29(37)14-22)18-21-12-23(31)15-24(32)13-21/h2-7,12-17,19H,8-11,18H2,1H3. The number of nitrogens with zero attached hydrogens (tertiary/aromatic N) is 4. The highest BCUT2D eigenvalue weighted by Gasteiger charge is 2.24. The lowest BCUT2D eigenvalue weighted by Gasteiger charge is -2.28. The molecule has 0 N–H and O–H groups in total. The normalized spacial score (nSPS) is 14.1. The monoisotopic (exact) mass is 684 g/mol. The van der Waals surface area contributed by atoms with Gasteiger partial charge in [-0.3, -0.25) is 4.79 Å². The van der Waals surface area contributed by atoms with Crippen molar-refractivity contribution in [3.63, 3.8) is 0 Å². The summed E-state index contributed by atoms with van der Waals surface area (Å²) in [5.74, 6) is -0.359. The van der Waals surface area contributed by atoms with Gasteiger partial charge < -0.3 is 14.2 Å². The second-order valence-electron chi connectivity index (χ2n) is 9.98. The molecule has 2 aromatic carbocycles. The molecule has 0 aliphatic carbocycles. The number of aryl methyl sites for hydroxylation is 1. The molecule has 210 valence electrons. The highest BCUT2D eigenvalue weighted by molar-refractivity contribution is 14.1. The van der Waals surface area contributed by atoms with E-state index in [2.05, 4.69) is 9.88 Å². The molecule has 0 saturated carbocycles. The van der Waals surface area contributed by atoms with E-state index in [1.807, 2.05) is 41.6 Å². The van der Waals surface area contributed by atoms with Gasteiger partial charge in [0.1, 0.15) is 5.82 Å². The van der Waals surface area contributed by atoms with Crippen LogP contribution in [0.3, 0.4) is 0 Å². The molecule has 0 radical (unpaired) electrons. The SMILES string of the molecule is Cc1ccc(S(=O)(=O)n2cc(-c3ccn(Cc4cc(F)cc(I)c4)c(=O)c3)c3cc(N4CCOCC4)cnc32)cc1. The molecule has 3 aromatic heterocycles. The van der Waals surface area contributed by atoms with Crippen molar-refractivity contribution in [2.24, 2.45) is 0 Å². The van der Waals surface area contributed by atoms with Gasteiger partial charge in [0.25, 0.3) is 15.6 Å². The lowest BCUT2D eigenvalue weighted by Crippen LogP contribution is -2.36. The average molecular weight is 685 g/mol. The minimum Gasteiger partial charge on any atom is -0.378 e. The fourth-order valence-corrected chi connectivity index (χ4v) is 7.03. The van der Waals surface area contributed by atoms with E-state index >= 15 is 0 Å². The molecule has 41 heavy (non-hydrogen) atoms. The van der Waals surface area contributed by atoms with Crippen molar-refractivity contribution < 1.29 is 17.5 Å². The number of anilines is 1. The van der Waals surface area contributed by atoms with Crippen LogP contribution in [-0.4, -0.2) is 48.2 Å². The van der Waals surface area contributed by atoms with Gasteiger partial charge in [0.05, 0.1) is 36.5 Å². The van der Waals surface area contributed by atoms with Crippen molar-refractivity contribution in [3.05, 3.63) is 110 Å². The summed E-state index contributed by atoms with van der Waals surface area (Å²) in [5.41, 5.74) is 3.58. The molecule has 5 aromatic rings. The Labute approximate surface area is 250 Å². The van der Waals surface area contributed by atoms with Crippen molar-refractivity contribution >= 4 is 49.3 Å². The van der Waals surface area contributed by atoms with Crippen LogP contribution in [0.4, 0.5) is 10.1 Å². The molecule has 1 aliphatic rings.